The van der Waals surface area contributed by atoms with Gasteiger partial charge in [0.1, 0.15) is 11.8 Å². The lowest BCUT2D eigenvalue weighted by molar-refractivity contribution is -0.146. The first kappa shape index (κ1) is 17.5. The van der Waals surface area contributed by atoms with E-state index in [0.29, 0.717) is 11.3 Å². The summed E-state index contributed by atoms with van der Waals surface area (Å²) in [7, 11) is 1.29. The molecule has 0 heterocycles. The molecule has 0 unspecified atom stereocenters. The third kappa shape index (κ3) is 5.09. The van der Waals surface area contributed by atoms with Gasteiger partial charge in [0.2, 0.25) is 0 Å². The Morgan fingerprint density at radius 1 is 1.41 bits per heavy atom. The predicted octanol–water partition coefficient (Wildman–Crippen LogP) is 1.64. The van der Waals surface area contributed by atoms with Crippen LogP contribution in [0.25, 0.3) is 0 Å². The minimum Gasteiger partial charge on any atom is -0.484 e. The number of carbonyl (C=O) groups excluding carboxylic acids is 2. The van der Waals surface area contributed by atoms with Crippen LogP contribution in [-0.4, -0.2) is 31.6 Å². The zero-order chi connectivity index (χ0) is 16.5. The molecule has 2 atom stereocenters. The Hall–Kier alpha value is -2.55. The highest BCUT2D eigenvalue weighted by atomic mass is 16.5. The van der Waals surface area contributed by atoms with Crippen molar-refractivity contribution in [3.05, 3.63) is 29.8 Å². The molecule has 0 fully saturated rings. The van der Waals surface area contributed by atoms with Crippen molar-refractivity contribution in [1.29, 1.82) is 5.26 Å². The molecule has 22 heavy (non-hydrogen) atoms. The van der Waals surface area contributed by atoms with Crippen LogP contribution in [0.1, 0.15) is 25.8 Å². The average molecular weight is 304 g/mol. The molecule has 0 radical (unpaired) electrons. The maximum absolute atomic E-state index is 11.9. The fourth-order valence-corrected chi connectivity index (χ4v) is 1.82. The quantitative estimate of drug-likeness (QED) is 0.774. The number of methoxy groups -OCH3 is 1. The summed E-state index contributed by atoms with van der Waals surface area (Å²) in [5.41, 5.74) is 0.449. The number of hydrogen-bond donors (Lipinski definition) is 1. The van der Waals surface area contributed by atoms with Crippen LogP contribution in [0.3, 0.4) is 0 Å². The van der Waals surface area contributed by atoms with Crippen LogP contribution in [0.4, 0.5) is 0 Å². The summed E-state index contributed by atoms with van der Waals surface area (Å²) in [6.45, 7) is 3.55. The first-order valence-electron chi connectivity index (χ1n) is 7.02. The standard InChI is InChI=1S/C16H20N2O4/c1-4-11(2)15(16(20)21-3)18-14(19)10-22-13-7-5-6-12(8-13)9-17/h5-8,11,15H,4,10H2,1-3H3,(H,18,19)/t11-,15+/m1/s1. The number of rotatable bonds is 7. The molecule has 0 aliphatic rings. The van der Waals surface area contributed by atoms with Gasteiger partial charge in [-0.15, -0.1) is 0 Å². The SMILES string of the molecule is CC[C@@H](C)[C@H](NC(=O)COc1cccc(C#N)c1)C(=O)OC. The van der Waals surface area contributed by atoms with E-state index in [1.807, 2.05) is 19.9 Å². The van der Waals surface area contributed by atoms with Gasteiger partial charge in [0, 0.05) is 0 Å². The van der Waals surface area contributed by atoms with Crippen molar-refractivity contribution in [3.63, 3.8) is 0 Å². The minimum atomic E-state index is -0.698. The van der Waals surface area contributed by atoms with Gasteiger partial charge in [0.15, 0.2) is 6.61 Å². The van der Waals surface area contributed by atoms with Crippen molar-refractivity contribution in [2.75, 3.05) is 13.7 Å². The summed E-state index contributed by atoms with van der Waals surface area (Å²) in [5.74, 6) is -0.516. The van der Waals surface area contributed by atoms with Gasteiger partial charge >= 0.3 is 5.97 Å². The van der Waals surface area contributed by atoms with E-state index in [-0.39, 0.29) is 12.5 Å². The number of ether oxygens (including phenoxy) is 2. The molecule has 0 aromatic heterocycles. The second kappa shape index (κ2) is 8.67. The Kier molecular flexibility index (Phi) is 6.90. The lowest BCUT2D eigenvalue weighted by atomic mass is 9.99. The van der Waals surface area contributed by atoms with E-state index in [1.54, 1.807) is 24.3 Å². The summed E-state index contributed by atoms with van der Waals surface area (Å²) in [6, 6.07) is 7.80. The summed E-state index contributed by atoms with van der Waals surface area (Å²) in [6.07, 6.45) is 0.727. The topological polar surface area (TPSA) is 88.4 Å². The molecular weight excluding hydrogens is 284 g/mol. The van der Waals surface area contributed by atoms with E-state index in [0.717, 1.165) is 6.42 Å². The highest BCUT2D eigenvalue weighted by Gasteiger charge is 2.26. The molecule has 0 saturated heterocycles. The lowest BCUT2D eigenvalue weighted by Crippen LogP contribution is -2.47. The second-order valence-corrected chi connectivity index (χ2v) is 4.88. The molecule has 0 aliphatic carbocycles. The number of amides is 1. The van der Waals surface area contributed by atoms with Crippen molar-refractivity contribution in [2.45, 2.75) is 26.3 Å². The van der Waals surface area contributed by atoms with Crippen LogP contribution in [0.15, 0.2) is 24.3 Å². The molecule has 6 heteroatoms. The Morgan fingerprint density at radius 3 is 2.73 bits per heavy atom. The molecule has 1 rings (SSSR count). The zero-order valence-corrected chi connectivity index (χ0v) is 13.0. The Labute approximate surface area is 130 Å². The molecule has 0 aliphatic heterocycles. The van der Waals surface area contributed by atoms with Gasteiger partial charge < -0.3 is 14.8 Å². The van der Waals surface area contributed by atoms with Gasteiger partial charge in [-0.1, -0.05) is 26.3 Å². The third-order valence-corrected chi connectivity index (χ3v) is 3.32. The molecular formula is C16H20N2O4. The maximum atomic E-state index is 11.9. The normalized spacial score (nSPS) is 12.6. The van der Waals surface area contributed by atoms with Crippen molar-refractivity contribution < 1.29 is 19.1 Å². The van der Waals surface area contributed by atoms with Gasteiger partial charge in [0.25, 0.3) is 5.91 Å². The molecule has 1 N–H and O–H groups in total. The Bertz CT molecular complexity index is 566. The van der Waals surface area contributed by atoms with E-state index >= 15 is 0 Å². The summed E-state index contributed by atoms with van der Waals surface area (Å²) < 4.78 is 10.0. The second-order valence-electron chi connectivity index (χ2n) is 4.88. The van der Waals surface area contributed by atoms with Crippen LogP contribution in [0.2, 0.25) is 0 Å². The molecule has 1 aromatic rings. The molecule has 0 bridgehead atoms. The van der Waals surface area contributed by atoms with Crippen LogP contribution >= 0.6 is 0 Å². The summed E-state index contributed by atoms with van der Waals surface area (Å²) in [5, 5.41) is 11.4. The van der Waals surface area contributed by atoms with E-state index in [4.69, 9.17) is 14.7 Å². The molecule has 0 spiro atoms. The Morgan fingerprint density at radius 2 is 2.14 bits per heavy atom. The largest absolute Gasteiger partial charge is 0.484 e. The zero-order valence-electron chi connectivity index (χ0n) is 13.0. The monoisotopic (exact) mass is 304 g/mol. The molecule has 0 saturated carbocycles. The molecule has 1 amide bonds. The third-order valence-electron chi connectivity index (χ3n) is 3.32. The van der Waals surface area contributed by atoms with E-state index in [1.165, 1.54) is 7.11 Å². The van der Waals surface area contributed by atoms with E-state index < -0.39 is 17.9 Å². The maximum Gasteiger partial charge on any atom is 0.328 e. The number of nitriles is 1. The van der Waals surface area contributed by atoms with E-state index in [9.17, 15) is 9.59 Å². The van der Waals surface area contributed by atoms with Crippen molar-refractivity contribution in [1.82, 2.24) is 5.32 Å². The van der Waals surface area contributed by atoms with Gasteiger partial charge in [-0.2, -0.15) is 5.26 Å². The number of nitrogens with one attached hydrogen (secondary N) is 1. The summed E-state index contributed by atoms with van der Waals surface area (Å²) in [4.78, 5) is 23.6. The number of carbonyl (C=O) groups is 2. The number of esters is 1. The Balaban J connectivity index is 2.60. The van der Waals surface area contributed by atoms with E-state index in [2.05, 4.69) is 5.32 Å². The number of hydrogen-bond acceptors (Lipinski definition) is 5. The van der Waals surface area contributed by atoms with Crippen LogP contribution in [0.5, 0.6) is 5.75 Å². The molecule has 118 valence electrons. The fraction of sp³-hybridized carbons (Fsp3) is 0.438. The average Bonchev–Trinajstić information content (AvgIpc) is 2.56. The highest BCUT2D eigenvalue weighted by molar-refractivity contribution is 5.85. The van der Waals surface area contributed by atoms with Crippen LogP contribution in [0, 0.1) is 17.2 Å². The van der Waals surface area contributed by atoms with Crippen LogP contribution in [-0.2, 0) is 14.3 Å². The van der Waals surface area contributed by atoms with Crippen molar-refractivity contribution in [3.8, 4) is 11.8 Å². The first-order chi connectivity index (χ1) is 10.5. The number of nitrogens with zero attached hydrogens (tertiary/aromatic N) is 1. The lowest BCUT2D eigenvalue weighted by Gasteiger charge is -2.21. The summed E-state index contributed by atoms with van der Waals surface area (Å²) >= 11 is 0. The predicted molar refractivity (Wildman–Crippen MR) is 80.1 cm³/mol. The molecule has 1 aromatic carbocycles. The smallest absolute Gasteiger partial charge is 0.328 e. The van der Waals surface area contributed by atoms with Crippen molar-refractivity contribution in [2.24, 2.45) is 5.92 Å². The van der Waals surface area contributed by atoms with Gasteiger partial charge in [0.05, 0.1) is 18.7 Å². The van der Waals surface area contributed by atoms with Gasteiger partial charge in [-0.3, -0.25) is 4.79 Å². The van der Waals surface area contributed by atoms with Gasteiger partial charge in [-0.05, 0) is 24.1 Å². The number of benzene rings is 1. The van der Waals surface area contributed by atoms with Crippen LogP contribution < -0.4 is 10.1 Å². The fourth-order valence-electron chi connectivity index (χ4n) is 1.82. The highest BCUT2D eigenvalue weighted by Crippen LogP contribution is 2.13. The first-order valence-corrected chi connectivity index (χ1v) is 7.02. The van der Waals surface area contributed by atoms with Gasteiger partial charge in [-0.25, -0.2) is 4.79 Å². The minimum absolute atomic E-state index is 0.0432. The van der Waals surface area contributed by atoms with Crippen molar-refractivity contribution >= 4 is 11.9 Å². The molecule has 6 nitrogen and oxygen atoms in total.